The minimum atomic E-state index is -0.332. The second-order valence-electron chi connectivity index (χ2n) is 7.32. The number of carbonyl (C=O) groups excluding carboxylic acids is 1. The molecule has 3 rings (SSSR count). The van der Waals surface area contributed by atoms with Gasteiger partial charge in [0.15, 0.2) is 5.69 Å². The van der Waals surface area contributed by atoms with Crippen LogP contribution in [-0.4, -0.2) is 27.5 Å². The molecule has 1 amide bonds. The summed E-state index contributed by atoms with van der Waals surface area (Å²) < 4.78 is 20.3. The van der Waals surface area contributed by atoms with Crippen molar-refractivity contribution in [3.05, 3.63) is 71.3 Å². The number of nitrogens with one attached hydrogen (secondary N) is 1. The van der Waals surface area contributed by atoms with E-state index in [4.69, 9.17) is 4.74 Å². The van der Waals surface area contributed by atoms with Crippen LogP contribution in [0.25, 0.3) is 0 Å². The molecule has 2 aromatic carbocycles. The first kappa shape index (κ1) is 20.5. The maximum Gasteiger partial charge on any atom is 0.278 e. The third-order valence-corrected chi connectivity index (χ3v) is 4.52. The number of aromatic nitrogens is 3. The largest absolute Gasteiger partial charge is 0.494 e. The Kier molecular flexibility index (Phi) is 6.59. The van der Waals surface area contributed by atoms with E-state index in [-0.39, 0.29) is 17.4 Å². The molecule has 0 saturated carbocycles. The smallest absolute Gasteiger partial charge is 0.278 e. The lowest BCUT2D eigenvalue weighted by atomic mass is 10.1. The number of carbonyl (C=O) groups is 1. The number of anilines is 1. The van der Waals surface area contributed by atoms with Gasteiger partial charge in [-0.15, -0.1) is 5.10 Å². The van der Waals surface area contributed by atoms with Crippen molar-refractivity contribution in [1.29, 1.82) is 0 Å². The Morgan fingerprint density at radius 3 is 2.48 bits per heavy atom. The van der Waals surface area contributed by atoms with Gasteiger partial charge in [-0.1, -0.05) is 31.2 Å². The van der Waals surface area contributed by atoms with Gasteiger partial charge in [0.2, 0.25) is 0 Å². The van der Waals surface area contributed by atoms with E-state index in [9.17, 15) is 9.18 Å². The summed E-state index contributed by atoms with van der Waals surface area (Å²) in [5, 5.41) is 10.9. The number of benzene rings is 2. The Bertz CT molecular complexity index is 950. The van der Waals surface area contributed by atoms with Crippen molar-refractivity contribution in [2.75, 3.05) is 11.9 Å². The van der Waals surface area contributed by atoms with Crippen LogP contribution in [0.3, 0.4) is 0 Å². The van der Waals surface area contributed by atoms with E-state index in [1.165, 1.54) is 12.1 Å². The SMILES string of the molecule is Cc1c(C(=O)Nc2ccc(OCCC(C)C)cc2)nnn1Cc1ccc(F)cc1. The Balaban J connectivity index is 1.60. The maximum absolute atomic E-state index is 13.0. The summed E-state index contributed by atoms with van der Waals surface area (Å²) in [7, 11) is 0. The first-order valence-corrected chi connectivity index (χ1v) is 9.61. The van der Waals surface area contributed by atoms with Gasteiger partial charge in [0.1, 0.15) is 11.6 Å². The van der Waals surface area contributed by atoms with Crippen LogP contribution in [0, 0.1) is 18.7 Å². The quantitative estimate of drug-likeness (QED) is 0.611. The van der Waals surface area contributed by atoms with Crippen LogP contribution in [0.2, 0.25) is 0 Å². The third kappa shape index (κ3) is 5.63. The van der Waals surface area contributed by atoms with Crippen molar-refractivity contribution in [2.24, 2.45) is 5.92 Å². The molecule has 0 spiro atoms. The molecule has 0 saturated heterocycles. The van der Waals surface area contributed by atoms with E-state index in [1.807, 2.05) is 12.1 Å². The monoisotopic (exact) mass is 396 g/mol. The zero-order valence-electron chi connectivity index (χ0n) is 16.9. The van der Waals surface area contributed by atoms with Gasteiger partial charge in [-0.05, 0) is 61.2 Å². The number of nitrogens with zero attached hydrogens (tertiary/aromatic N) is 3. The minimum absolute atomic E-state index is 0.254. The third-order valence-electron chi connectivity index (χ3n) is 4.52. The van der Waals surface area contributed by atoms with Gasteiger partial charge in [0.25, 0.3) is 5.91 Å². The number of amides is 1. The lowest BCUT2D eigenvalue weighted by Crippen LogP contribution is -2.14. The van der Waals surface area contributed by atoms with Gasteiger partial charge in [0, 0.05) is 5.69 Å². The summed E-state index contributed by atoms with van der Waals surface area (Å²) >= 11 is 0. The highest BCUT2D eigenvalue weighted by Crippen LogP contribution is 2.18. The molecule has 7 heteroatoms. The molecule has 152 valence electrons. The van der Waals surface area contributed by atoms with Crippen LogP contribution in [0.5, 0.6) is 5.75 Å². The lowest BCUT2D eigenvalue weighted by Gasteiger charge is -2.09. The predicted molar refractivity (Wildman–Crippen MR) is 110 cm³/mol. The Morgan fingerprint density at radius 2 is 1.83 bits per heavy atom. The molecule has 0 fully saturated rings. The highest BCUT2D eigenvalue weighted by atomic mass is 19.1. The van der Waals surface area contributed by atoms with Gasteiger partial charge < -0.3 is 10.1 Å². The molecule has 0 radical (unpaired) electrons. The number of hydrogen-bond acceptors (Lipinski definition) is 4. The molecule has 0 unspecified atom stereocenters. The zero-order valence-corrected chi connectivity index (χ0v) is 16.9. The molecule has 6 nitrogen and oxygen atoms in total. The predicted octanol–water partition coefficient (Wildman–Crippen LogP) is 4.45. The van der Waals surface area contributed by atoms with Crippen molar-refractivity contribution < 1.29 is 13.9 Å². The highest BCUT2D eigenvalue weighted by Gasteiger charge is 2.17. The fourth-order valence-corrected chi connectivity index (χ4v) is 2.72. The summed E-state index contributed by atoms with van der Waals surface area (Å²) in [6.07, 6.45) is 0.991. The number of rotatable bonds is 8. The van der Waals surface area contributed by atoms with Gasteiger partial charge in [0.05, 0.1) is 18.8 Å². The Morgan fingerprint density at radius 1 is 1.14 bits per heavy atom. The fourth-order valence-electron chi connectivity index (χ4n) is 2.72. The molecule has 1 aromatic heterocycles. The van der Waals surface area contributed by atoms with Crippen molar-refractivity contribution in [1.82, 2.24) is 15.0 Å². The average Bonchev–Trinajstić information content (AvgIpc) is 3.05. The minimum Gasteiger partial charge on any atom is -0.494 e. The average molecular weight is 396 g/mol. The molecule has 0 atom stereocenters. The van der Waals surface area contributed by atoms with Gasteiger partial charge in [-0.3, -0.25) is 4.79 Å². The molecule has 29 heavy (non-hydrogen) atoms. The molecular weight excluding hydrogens is 371 g/mol. The molecule has 1 N–H and O–H groups in total. The highest BCUT2D eigenvalue weighted by molar-refractivity contribution is 6.03. The van der Waals surface area contributed by atoms with Gasteiger partial charge in [-0.25, -0.2) is 9.07 Å². The number of ether oxygens (including phenoxy) is 1. The Hall–Kier alpha value is -3.22. The van der Waals surface area contributed by atoms with Gasteiger partial charge in [-0.2, -0.15) is 0 Å². The van der Waals surface area contributed by atoms with Crippen molar-refractivity contribution in [3.63, 3.8) is 0 Å². The molecule has 0 aliphatic rings. The van der Waals surface area contributed by atoms with E-state index in [0.29, 0.717) is 30.5 Å². The Labute approximate surface area is 169 Å². The summed E-state index contributed by atoms with van der Waals surface area (Å²) in [4.78, 5) is 12.6. The molecule has 0 aliphatic heterocycles. The summed E-state index contributed by atoms with van der Waals surface area (Å²) in [5.74, 6) is 0.736. The van der Waals surface area contributed by atoms with Crippen LogP contribution in [0.1, 0.15) is 42.0 Å². The van der Waals surface area contributed by atoms with E-state index in [0.717, 1.165) is 17.7 Å². The summed E-state index contributed by atoms with van der Waals surface area (Å²) in [6, 6.07) is 13.4. The fraction of sp³-hybridized carbons (Fsp3) is 0.318. The second kappa shape index (κ2) is 9.32. The molecular formula is C22H25FN4O2. The zero-order chi connectivity index (χ0) is 20.8. The number of halogens is 1. The van der Waals surface area contributed by atoms with Gasteiger partial charge >= 0.3 is 0 Å². The normalized spacial score (nSPS) is 10.9. The number of hydrogen-bond donors (Lipinski definition) is 1. The topological polar surface area (TPSA) is 69.0 Å². The molecule has 0 aliphatic carbocycles. The molecule has 1 heterocycles. The van der Waals surface area contributed by atoms with Crippen molar-refractivity contribution in [2.45, 2.75) is 33.7 Å². The lowest BCUT2D eigenvalue weighted by molar-refractivity contribution is 0.102. The van der Waals surface area contributed by atoms with E-state index < -0.39 is 0 Å². The summed E-state index contributed by atoms with van der Waals surface area (Å²) in [6.45, 7) is 7.16. The van der Waals surface area contributed by atoms with E-state index in [1.54, 1.807) is 35.9 Å². The molecule has 3 aromatic rings. The van der Waals surface area contributed by atoms with Crippen LogP contribution in [-0.2, 0) is 6.54 Å². The van der Waals surface area contributed by atoms with Crippen LogP contribution < -0.4 is 10.1 Å². The first-order valence-electron chi connectivity index (χ1n) is 9.61. The maximum atomic E-state index is 13.0. The van der Waals surface area contributed by atoms with Crippen molar-refractivity contribution >= 4 is 11.6 Å². The van der Waals surface area contributed by atoms with E-state index in [2.05, 4.69) is 29.5 Å². The van der Waals surface area contributed by atoms with E-state index >= 15 is 0 Å². The molecule has 0 bridgehead atoms. The van der Waals surface area contributed by atoms with Crippen LogP contribution in [0.15, 0.2) is 48.5 Å². The van der Waals surface area contributed by atoms with Crippen molar-refractivity contribution in [3.8, 4) is 5.75 Å². The summed E-state index contributed by atoms with van der Waals surface area (Å²) in [5.41, 5.74) is 2.42. The van der Waals surface area contributed by atoms with Crippen LogP contribution >= 0.6 is 0 Å². The second-order valence-corrected chi connectivity index (χ2v) is 7.32. The standard InChI is InChI=1S/C22H25FN4O2/c1-15(2)12-13-29-20-10-8-19(9-11-20)24-22(28)21-16(3)27(26-25-21)14-17-4-6-18(23)7-5-17/h4-11,15H,12-14H2,1-3H3,(H,24,28). The first-order chi connectivity index (χ1) is 13.9. The van der Waals surface area contributed by atoms with Crippen LogP contribution in [0.4, 0.5) is 10.1 Å².